The Balaban J connectivity index is 1.39. The van der Waals surface area contributed by atoms with Crippen molar-refractivity contribution in [2.24, 2.45) is 0 Å². The van der Waals surface area contributed by atoms with Gasteiger partial charge < -0.3 is 15.4 Å². The van der Waals surface area contributed by atoms with Gasteiger partial charge in [-0.1, -0.05) is 6.07 Å². The number of urea groups is 1. The highest BCUT2D eigenvalue weighted by Crippen LogP contribution is 2.30. The van der Waals surface area contributed by atoms with E-state index < -0.39 is 0 Å². The number of nitrogens with zero attached hydrogens (tertiary/aromatic N) is 3. The summed E-state index contributed by atoms with van der Waals surface area (Å²) in [6, 6.07) is 12.9. The fourth-order valence-corrected chi connectivity index (χ4v) is 3.69. The van der Waals surface area contributed by atoms with Crippen molar-refractivity contribution in [1.82, 2.24) is 20.1 Å². The summed E-state index contributed by atoms with van der Waals surface area (Å²) in [7, 11) is 1.61. The van der Waals surface area contributed by atoms with Crippen molar-refractivity contribution in [3.05, 3.63) is 59.9 Å². The van der Waals surface area contributed by atoms with Gasteiger partial charge in [-0.05, 0) is 62.1 Å². The summed E-state index contributed by atoms with van der Waals surface area (Å²) in [5.41, 5.74) is 5.18. The molecule has 0 saturated carbocycles. The zero-order valence-corrected chi connectivity index (χ0v) is 16.5. The first kappa shape index (κ1) is 19.0. The Morgan fingerprint density at radius 3 is 2.72 bits per heavy atom. The van der Waals surface area contributed by atoms with E-state index in [9.17, 15) is 4.79 Å². The number of ether oxygens (including phenoxy) is 1. The fraction of sp³-hybridized carbons (Fsp3) is 0.318. The second kappa shape index (κ2) is 8.77. The standard InChI is InChI=1S/C22H25N5O2/c1-29-17-11-9-16(10-12-17)25-22(28)24-14-15-27-20-8-3-2-6-18(20)21(26-27)19-7-4-5-13-23-19/h4-5,7,9-13H,2-3,6,8,14-15H2,1H3,(H2,24,25,28). The van der Waals surface area contributed by atoms with Crippen molar-refractivity contribution in [3.8, 4) is 17.1 Å². The van der Waals surface area contributed by atoms with Crippen LogP contribution >= 0.6 is 0 Å². The normalized spacial score (nSPS) is 12.9. The average molecular weight is 391 g/mol. The van der Waals surface area contributed by atoms with Gasteiger partial charge in [0.15, 0.2) is 0 Å². The molecule has 150 valence electrons. The maximum Gasteiger partial charge on any atom is 0.319 e. The van der Waals surface area contributed by atoms with E-state index in [4.69, 9.17) is 9.84 Å². The summed E-state index contributed by atoms with van der Waals surface area (Å²) in [5, 5.41) is 10.6. The molecule has 7 heteroatoms. The number of anilines is 1. The number of methoxy groups -OCH3 is 1. The molecular formula is C22H25N5O2. The molecular weight excluding hydrogens is 366 g/mol. The quantitative estimate of drug-likeness (QED) is 0.672. The number of hydrogen-bond donors (Lipinski definition) is 2. The lowest BCUT2D eigenvalue weighted by Gasteiger charge is -2.14. The van der Waals surface area contributed by atoms with Gasteiger partial charge in [0.2, 0.25) is 0 Å². The topological polar surface area (TPSA) is 81.1 Å². The molecule has 0 atom stereocenters. The van der Waals surface area contributed by atoms with Gasteiger partial charge in [0.05, 0.1) is 19.3 Å². The van der Waals surface area contributed by atoms with E-state index in [1.165, 1.54) is 24.1 Å². The van der Waals surface area contributed by atoms with Crippen LogP contribution in [0.25, 0.3) is 11.4 Å². The molecule has 0 aliphatic heterocycles. The van der Waals surface area contributed by atoms with Crippen LogP contribution in [0.15, 0.2) is 48.7 Å². The third-order valence-corrected chi connectivity index (χ3v) is 5.12. The lowest BCUT2D eigenvalue weighted by atomic mass is 9.95. The zero-order chi connectivity index (χ0) is 20.1. The van der Waals surface area contributed by atoms with Gasteiger partial charge in [-0.15, -0.1) is 0 Å². The van der Waals surface area contributed by atoms with E-state index in [0.717, 1.165) is 35.7 Å². The van der Waals surface area contributed by atoms with E-state index in [2.05, 4.69) is 15.6 Å². The first-order chi connectivity index (χ1) is 14.2. The van der Waals surface area contributed by atoms with Crippen molar-refractivity contribution in [2.45, 2.75) is 32.2 Å². The van der Waals surface area contributed by atoms with Crippen LogP contribution in [0.5, 0.6) is 5.75 Å². The lowest BCUT2D eigenvalue weighted by Crippen LogP contribution is -2.32. The van der Waals surface area contributed by atoms with Crippen LogP contribution in [0.3, 0.4) is 0 Å². The maximum absolute atomic E-state index is 12.2. The first-order valence-electron chi connectivity index (χ1n) is 9.93. The van der Waals surface area contributed by atoms with E-state index in [0.29, 0.717) is 13.1 Å². The molecule has 0 unspecified atom stereocenters. The predicted molar refractivity (Wildman–Crippen MR) is 112 cm³/mol. The Bertz CT molecular complexity index is 967. The number of hydrogen-bond acceptors (Lipinski definition) is 4. The predicted octanol–water partition coefficient (Wildman–Crippen LogP) is 3.65. The second-order valence-electron chi connectivity index (χ2n) is 7.03. The summed E-state index contributed by atoms with van der Waals surface area (Å²) in [6.07, 6.45) is 6.21. The molecule has 29 heavy (non-hydrogen) atoms. The smallest absolute Gasteiger partial charge is 0.319 e. The van der Waals surface area contributed by atoms with Crippen LogP contribution in [0.1, 0.15) is 24.1 Å². The van der Waals surface area contributed by atoms with Gasteiger partial charge in [0.1, 0.15) is 11.4 Å². The van der Waals surface area contributed by atoms with Crippen molar-refractivity contribution in [2.75, 3.05) is 19.0 Å². The summed E-state index contributed by atoms with van der Waals surface area (Å²) in [4.78, 5) is 16.7. The SMILES string of the molecule is COc1ccc(NC(=O)NCCn2nc(-c3ccccn3)c3c2CCCC3)cc1. The fourth-order valence-electron chi connectivity index (χ4n) is 3.69. The number of aromatic nitrogens is 3. The van der Waals surface area contributed by atoms with Crippen LogP contribution in [-0.2, 0) is 19.4 Å². The summed E-state index contributed by atoms with van der Waals surface area (Å²) >= 11 is 0. The molecule has 0 fully saturated rings. The van der Waals surface area contributed by atoms with Gasteiger partial charge in [0, 0.05) is 29.7 Å². The van der Waals surface area contributed by atoms with Gasteiger partial charge in [-0.2, -0.15) is 5.10 Å². The molecule has 2 amide bonds. The monoisotopic (exact) mass is 391 g/mol. The highest BCUT2D eigenvalue weighted by molar-refractivity contribution is 5.89. The molecule has 1 aromatic carbocycles. The number of carbonyl (C=O) groups excluding carboxylic acids is 1. The van der Waals surface area contributed by atoms with E-state index in [1.807, 2.05) is 35.0 Å². The first-order valence-corrected chi connectivity index (χ1v) is 9.93. The lowest BCUT2D eigenvalue weighted by molar-refractivity contribution is 0.251. The number of carbonyl (C=O) groups is 1. The number of pyridine rings is 1. The van der Waals surface area contributed by atoms with E-state index in [-0.39, 0.29) is 6.03 Å². The minimum atomic E-state index is -0.235. The number of rotatable bonds is 6. The molecule has 0 radical (unpaired) electrons. The van der Waals surface area contributed by atoms with Crippen LogP contribution in [0.2, 0.25) is 0 Å². The molecule has 3 aromatic rings. The van der Waals surface area contributed by atoms with Crippen LogP contribution in [-0.4, -0.2) is 34.5 Å². The molecule has 2 aromatic heterocycles. The molecule has 1 aliphatic carbocycles. The van der Waals surface area contributed by atoms with E-state index >= 15 is 0 Å². The second-order valence-corrected chi connectivity index (χ2v) is 7.03. The third-order valence-electron chi connectivity index (χ3n) is 5.12. The van der Waals surface area contributed by atoms with Gasteiger partial charge in [-0.25, -0.2) is 4.79 Å². The third kappa shape index (κ3) is 4.39. The van der Waals surface area contributed by atoms with Crippen LogP contribution < -0.4 is 15.4 Å². The summed E-state index contributed by atoms with van der Waals surface area (Å²) < 4.78 is 7.16. The summed E-state index contributed by atoms with van der Waals surface area (Å²) in [5.74, 6) is 0.753. The van der Waals surface area contributed by atoms with Crippen LogP contribution in [0.4, 0.5) is 10.5 Å². The number of nitrogens with one attached hydrogen (secondary N) is 2. The van der Waals surface area contributed by atoms with E-state index in [1.54, 1.807) is 25.4 Å². The Labute approximate surface area is 170 Å². The zero-order valence-electron chi connectivity index (χ0n) is 16.5. The molecule has 4 rings (SSSR count). The average Bonchev–Trinajstić information content (AvgIpc) is 3.14. The molecule has 2 heterocycles. The molecule has 0 spiro atoms. The maximum atomic E-state index is 12.2. The van der Waals surface area contributed by atoms with Crippen LogP contribution in [0, 0.1) is 0 Å². The van der Waals surface area contributed by atoms with Crippen molar-refractivity contribution in [3.63, 3.8) is 0 Å². The summed E-state index contributed by atoms with van der Waals surface area (Å²) in [6.45, 7) is 1.13. The molecule has 1 aliphatic rings. The Kier molecular flexibility index (Phi) is 5.74. The van der Waals surface area contributed by atoms with Gasteiger partial charge in [-0.3, -0.25) is 9.67 Å². The minimum absolute atomic E-state index is 0.235. The van der Waals surface area contributed by atoms with Crippen molar-refractivity contribution in [1.29, 1.82) is 0 Å². The Hall–Kier alpha value is -3.35. The van der Waals surface area contributed by atoms with Crippen molar-refractivity contribution < 1.29 is 9.53 Å². The number of benzene rings is 1. The molecule has 0 saturated heterocycles. The minimum Gasteiger partial charge on any atom is -0.497 e. The largest absolute Gasteiger partial charge is 0.497 e. The number of amides is 2. The molecule has 7 nitrogen and oxygen atoms in total. The molecule has 2 N–H and O–H groups in total. The highest BCUT2D eigenvalue weighted by atomic mass is 16.5. The number of fused-ring (bicyclic) bond motifs is 1. The van der Waals surface area contributed by atoms with Gasteiger partial charge in [0.25, 0.3) is 0 Å². The van der Waals surface area contributed by atoms with Gasteiger partial charge >= 0.3 is 6.03 Å². The van der Waals surface area contributed by atoms with Crippen molar-refractivity contribution >= 4 is 11.7 Å². The Morgan fingerprint density at radius 1 is 1.14 bits per heavy atom. The molecule has 0 bridgehead atoms. The highest BCUT2D eigenvalue weighted by Gasteiger charge is 2.22. The Morgan fingerprint density at radius 2 is 1.97 bits per heavy atom.